The molecule has 1 N–H and O–H groups in total. The topological polar surface area (TPSA) is 40.5 Å². The Kier molecular flexibility index (Phi) is 4.25. The van der Waals surface area contributed by atoms with Gasteiger partial charge >= 0.3 is 5.97 Å². The second kappa shape index (κ2) is 6.70. The fourth-order valence-electron chi connectivity index (χ4n) is 5.33. The van der Waals surface area contributed by atoms with Gasteiger partial charge in [0.25, 0.3) is 0 Å². The van der Waals surface area contributed by atoms with Gasteiger partial charge in [-0.05, 0) is 72.9 Å². The third-order valence-electron chi connectivity index (χ3n) is 7.09. The van der Waals surface area contributed by atoms with E-state index >= 15 is 0 Å². The fourth-order valence-corrected chi connectivity index (χ4v) is 5.33. The van der Waals surface area contributed by atoms with Crippen molar-refractivity contribution in [2.45, 2.75) is 50.7 Å². The van der Waals surface area contributed by atoms with Crippen molar-refractivity contribution in [2.24, 2.45) is 5.92 Å². The van der Waals surface area contributed by atoms with Crippen molar-refractivity contribution >= 4 is 17.6 Å². The van der Waals surface area contributed by atoms with Crippen molar-refractivity contribution in [3.63, 3.8) is 0 Å². The Balaban J connectivity index is 1.55. The van der Waals surface area contributed by atoms with Gasteiger partial charge in [0.2, 0.25) is 0 Å². The predicted octanol–water partition coefficient (Wildman–Crippen LogP) is 5.56. The molecule has 29 heavy (non-hydrogen) atoms. The molecule has 148 valence electrons. The van der Waals surface area contributed by atoms with Gasteiger partial charge in [-0.2, -0.15) is 0 Å². The third-order valence-corrected chi connectivity index (χ3v) is 7.09. The highest BCUT2D eigenvalue weighted by molar-refractivity contribution is 5.85. The summed E-state index contributed by atoms with van der Waals surface area (Å²) in [4.78, 5) is 13.6. The Morgan fingerprint density at radius 2 is 1.76 bits per heavy atom. The SMILES string of the molecule is CC1=C(c2ccccc2)CC(C)N(C23CC2C3)C1c1ccc(/C=C/C(=O)O)cc1. The first-order valence-electron chi connectivity index (χ1n) is 10.5. The van der Waals surface area contributed by atoms with E-state index < -0.39 is 5.97 Å². The monoisotopic (exact) mass is 385 g/mol. The fraction of sp³-hybridized carbons (Fsp3) is 0.346. The van der Waals surface area contributed by atoms with Gasteiger partial charge in [-0.25, -0.2) is 4.79 Å². The zero-order valence-electron chi connectivity index (χ0n) is 17.0. The standard InChI is InChI=1S/C26H27NO2/c1-17-14-23(20-6-4-3-5-7-20)18(2)25(27(17)26-15-22(26)16-26)21-11-8-19(9-12-21)10-13-24(28)29/h3-13,17,22,25H,14-16H2,1-2H3,(H,28,29)/b13-10+. The lowest BCUT2D eigenvalue weighted by Crippen LogP contribution is -2.45. The van der Waals surface area contributed by atoms with E-state index in [4.69, 9.17) is 5.11 Å². The maximum atomic E-state index is 10.8. The molecule has 3 heteroatoms. The minimum Gasteiger partial charge on any atom is -0.478 e. The average Bonchev–Trinajstić information content (AvgIpc) is 3.59. The van der Waals surface area contributed by atoms with Gasteiger partial charge in [-0.3, -0.25) is 4.90 Å². The molecule has 2 aromatic carbocycles. The maximum absolute atomic E-state index is 10.8. The summed E-state index contributed by atoms with van der Waals surface area (Å²) in [6.45, 7) is 4.69. The number of fused-ring (bicyclic) bond motifs is 1. The van der Waals surface area contributed by atoms with Crippen LogP contribution in [0.15, 0.2) is 66.2 Å². The van der Waals surface area contributed by atoms with Crippen LogP contribution >= 0.6 is 0 Å². The van der Waals surface area contributed by atoms with Crippen LogP contribution in [0.2, 0.25) is 0 Å². The predicted molar refractivity (Wildman–Crippen MR) is 116 cm³/mol. The van der Waals surface area contributed by atoms with E-state index in [2.05, 4.69) is 61.2 Å². The highest BCUT2D eigenvalue weighted by Gasteiger charge is 2.74. The summed E-state index contributed by atoms with van der Waals surface area (Å²) < 4.78 is 0. The number of carboxylic acids is 1. The lowest BCUT2D eigenvalue weighted by molar-refractivity contribution is -0.131. The molecule has 2 aliphatic carbocycles. The summed E-state index contributed by atoms with van der Waals surface area (Å²) in [5.41, 5.74) is 6.93. The molecule has 0 amide bonds. The largest absolute Gasteiger partial charge is 0.478 e. The van der Waals surface area contributed by atoms with Gasteiger partial charge < -0.3 is 5.11 Å². The number of benzene rings is 2. The molecule has 2 saturated carbocycles. The first kappa shape index (κ1) is 18.4. The average molecular weight is 386 g/mol. The van der Waals surface area contributed by atoms with Gasteiger partial charge in [-0.1, -0.05) is 54.6 Å². The van der Waals surface area contributed by atoms with Crippen LogP contribution in [-0.2, 0) is 4.79 Å². The second-order valence-corrected chi connectivity index (χ2v) is 8.94. The molecule has 0 spiro atoms. The van der Waals surface area contributed by atoms with Gasteiger partial charge in [0, 0.05) is 17.7 Å². The Labute approximate surface area is 172 Å². The molecule has 2 atom stereocenters. The normalized spacial score (nSPS) is 31.0. The molecule has 2 aromatic rings. The number of carbonyl (C=O) groups is 1. The van der Waals surface area contributed by atoms with Crippen LogP contribution in [0.4, 0.5) is 0 Å². The van der Waals surface area contributed by atoms with Crippen LogP contribution in [-0.4, -0.2) is 27.6 Å². The van der Waals surface area contributed by atoms with E-state index in [9.17, 15) is 4.79 Å². The molecule has 0 saturated heterocycles. The van der Waals surface area contributed by atoms with Crippen LogP contribution in [0.1, 0.15) is 55.8 Å². The Bertz CT molecular complexity index is 997. The molecular weight excluding hydrogens is 358 g/mol. The van der Waals surface area contributed by atoms with Crippen LogP contribution in [0.3, 0.4) is 0 Å². The minimum absolute atomic E-state index is 0.291. The van der Waals surface area contributed by atoms with Gasteiger partial charge in [0.15, 0.2) is 0 Å². The number of aliphatic carboxylic acids is 1. The van der Waals surface area contributed by atoms with Crippen molar-refractivity contribution in [3.8, 4) is 0 Å². The number of hydrogen-bond donors (Lipinski definition) is 1. The Morgan fingerprint density at radius 3 is 2.34 bits per heavy atom. The van der Waals surface area contributed by atoms with E-state index in [1.165, 1.54) is 41.2 Å². The third kappa shape index (κ3) is 3.14. The summed E-state index contributed by atoms with van der Waals surface area (Å²) in [7, 11) is 0. The molecule has 0 radical (unpaired) electrons. The first-order valence-corrected chi connectivity index (χ1v) is 10.5. The molecule has 5 rings (SSSR count). The molecule has 0 bridgehead atoms. The summed E-state index contributed by atoms with van der Waals surface area (Å²) >= 11 is 0. The second-order valence-electron chi connectivity index (χ2n) is 8.94. The van der Waals surface area contributed by atoms with E-state index in [-0.39, 0.29) is 0 Å². The van der Waals surface area contributed by atoms with Gasteiger partial charge in [0.1, 0.15) is 0 Å². The summed E-state index contributed by atoms with van der Waals surface area (Å²) in [5, 5.41) is 8.87. The number of hydrogen-bond acceptors (Lipinski definition) is 2. The molecule has 2 unspecified atom stereocenters. The lowest BCUT2D eigenvalue weighted by Gasteiger charge is -2.45. The number of carboxylic acid groups (broad SMARTS) is 1. The van der Waals surface area contributed by atoms with Gasteiger partial charge in [-0.15, -0.1) is 0 Å². The van der Waals surface area contributed by atoms with Crippen molar-refractivity contribution < 1.29 is 9.90 Å². The molecule has 0 aromatic heterocycles. The lowest BCUT2D eigenvalue weighted by atomic mass is 9.82. The number of rotatable bonds is 5. The minimum atomic E-state index is -0.916. The van der Waals surface area contributed by atoms with Crippen LogP contribution in [0.5, 0.6) is 0 Å². The molecular formula is C26H27NO2. The van der Waals surface area contributed by atoms with Gasteiger partial charge in [0.05, 0.1) is 6.04 Å². The van der Waals surface area contributed by atoms with E-state index in [1.54, 1.807) is 6.08 Å². The molecule has 1 aliphatic heterocycles. The van der Waals surface area contributed by atoms with Crippen LogP contribution < -0.4 is 0 Å². The summed E-state index contributed by atoms with van der Waals surface area (Å²) in [6, 6.07) is 20.0. The maximum Gasteiger partial charge on any atom is 0.328 e. The van der Waals surface area contributed by atoms with Crippen LogP contribution in [0.25, 0.3) is 11.6 Å². The van der Waals surface area contributed by atoms with Crippen molar-refractivity contribution in [1.82, 2.24) is 4.90 Å². The zero-order chi connectivity index (χ0) is 20.2. The van der Waals surface area contributed by atoms with Crippen molar-refractivity contribution in [2.75, 3.05) is 0 Å². The molecule has 2 fully saturated rings. The Hall–Kier alpha value is -2.65. The summed E-state index contributed by atoms with van der Waals surface area (Å²) in [5.74, 6) is -0.0171. The Morgan fingerprint density at radius 1 is 1.10 bits per heavy atom. The van der Waals surface area contributed by atoms with Crippen molar-refractivity contribution in [1.29, 1.82) is 0 Å². The highest BCUT2D eigenvalue weighted by Crippen LogP contribution is 2.73. The molecule has 3 nitrogen and oxygen atoms in total. The first-order chi connectivity index (χ1) is 14.0. The molecule has 3 aliphatic rings. The smallest absolute Gasteiger partial charge is 0.328 e. The zero-order valence-corrected chi connectivity index (χ0v) is 17.0. The summed E-state index contributed by atoms with van der Waals surface area (Å²) in [6.07, 6.45) is 6.64. The van der Waals surface area contributed by atoms with Crippen LogP contribution in [0, 0.1) is 5.92 Å². The quantitative estimate of drug-likeness (QED) is 0.686. The highest BCUT2D eigenvalue weighted by atomic mass is 16.4. The number of nitrogens with zero attached hydrogens (tertiary/aromatic N) is 1. The van der Waals surface area contributed by atoms with E-state index in [0.717, 1.165) is 17.9 Å². The van der Waals surface area contributed by atoms with E-state index in [0.29, 0.717) is 17.6 Å². The van der Waals surface area contributed by atoms with E-state index in [1.807, 2.05) is 12.1 Å². The van der Waals surface area contributed by atoms with Crippen molar-refractivity contribution in [3.05, 3.63) is 82.9 Å². The molecule has 1 heterocycles.